The van der Waals surface area contributed by atoms with Crippen molar-refractivity contribution in [2.75, 3.05) is 7.11 Å². The SMILES string of the molecule is COc1ccccc1-c1cc(-c2ccc3ncn(C)c(=O)c3c2)n(Cc2ccc(C(=O)NO)cc2)n1. The second-order valence-electron chi connectivity index (χ2n) is 8.30. The molecule has 2 heterocycles. The second kappa shape index (κ2) is 9.47. The van der Waals surface area contributed by atoms with E-state index < -0.39 is 5.91 Å². The Kier molecular flexibility index (Phi) is 6.05. The number of carbonyl (C=O) groups excluding carboxylic acids is 1. The van der Waals surface area contributed by atoms with E-state index in [1.54, 1.807) is 43.9 Å². The number of hydrogen-bond donors (Lipinski definition) is 2. The quantitative estimate of drug-likeness (QED) is 0.283. The number of aromatic nitrogens is 4. The van der Waals surface area contributed by atoms with Gasteiger partial charge in [0.2, 0.25) is 0 Å². The molecular formula is C27H23N5O4. The van der Waals surface area contributed by atoms with E-state index >= 15 is 0 Å². The summed E-state index contributed by atoms with van der Waals surface area (Å²) in [6, 6.07) is 22.1. The van der Waals surface area contributed by atoms with E-state index in [1.807, 2.05) is 53.2 Å². The van der Waals surface area contributed by atoms with Gasteiger partial charge < -0.3 is 9.30 Å². The number of benzene rings is 3. The van der Waals surface area contributed by atoms with Gasteiger partial charge in [-0.3, -0.25) is 19.5 Å². The smallest absolute Gasteiger partial charge is 0.274 e. The molecule has 0 aliphatic rings. The summed E-state index contributed by atoms with van der Waals surface area (Å²) in [7, 11) is 3.29. The highest BCUT2D eigenvalue weighted by Gasteiger charge is 2.16. The van der Waals surface area contributed by atoms with Gasteiger partial charge in [-0.2, -0.15) is 5.10 Å². The minimum atomic E-state index is -0.578. The number of hydroxylamine groups is 1. The first-order chi connectivity index (χ1) is 17.5. The minimum Gasteiger partial charge on any atom is -0.496 e. The number of amides is 1. The predicted molar refractivity (Wildman–Crippen MR) is 135 cm³/mol. The molecule has 0 aliphatic carbocycles. The zero-order valence-corrected chi connectivity index (χ0v) is 19.7. The fourth-order valence-electron chi connectivity index (χ4n) is 4.13. The van der Waals surface area contributed by atoms with Crippen LogP contribution in [0.5, 0.6) is 5.75 Å². The molecule has 5 rings (SSSR count). The largest absolute Gasteiger partial charge is 0.496 e. The summed E-state index contributed by atoms with van der Waals surface area (Å²) >= 11 is 0. The summed E-state index contributed by atoms with van der Waals surface area (Å²) in [5.41, 5.74) is 6.56. The summed E-state index contributed by atoms with van der Waals surface area (Å²) in [6.45, 7) is 0.411. The van der Waals surface area contributed by atoms with Crippen molar-refractivity contribution in [3.63, 3.8) is 0 Å². The van der Waals surface area contributed by atoms with Crippen LogP contribution in [0.15, 0.2) is 83.9 Å². The number of aryl methyl sites for hydroxylation is 1. The van der Waals surface area contributed by atoms with E-state index in [0.29, 0.717) is 28.8 Å². The lowest BCUT2D eigenvalue weighted by molar-refractivity contribution is 0.0706. The molecule has 36 heavy (non-hydrogen) atoms. The monoisotopic (exact) mass is 481 g/mol. The Morgan fingerprint density at radius 2 is 1.83 bits per heavy atom. The fourth-order valence-corrected chi connectivity index (χ4v) is 4.13. The molecule has 0 saturated carbocycles. The van der Waals surface area contributed by atoms with Gasteiger partial charge in [0.1, 0.15) is 5.75 Å². The van der Waals surface area contributed by atoms with Crippen LogP contribution in [0.25, 0.3) is 33.4 Å². The van der Waals surface area contributed by atoms with E-state index in [1.165, 1.54) is 10.9 Å². The summed E-state index contributed by atoms with van der Waals surface area (Å²) in [6.07, 6.45) is 1.51. The third kappa shape index (κ3) is 4.23. The molecule has 2 aromatic heterocycles. The van der Waals surface area contributed by atoms with Gasteiger partial charge in [-0.1, -0.05) is 30.3 Å². The van der Waals surface area contributed by atoms with Crippen molar-refractivity contribution in [3.05, 3.63) is 101 Å². The standard InChI is InChI=1S/C27H23N5O4/c1-31-16-28-22-12-11-19(13-21(22)27(31)34)24-14-23(20-5-3-4-6-25(20)36-2)29-32(24)15-17-7-9-18(10-8-17)26(33)30-35/h3-14,16,35H,15H2,1-2H3,(H,30,33). The van der Waals surface area contributed by atoms with Crippen molar-refractivity contribution < 1.29 is 14.7 Å². The maximum Gasteiger partial charge on any atom is 0.274 e. The Morgan fingerprint density at radius 1 is 1.06 bits per heavy atom. The number of fused-ring (bicyclic) bond motifs is 1. The molecular weight excluding hydrogens is 458 g/mol. The topological polar surface area (TPSA) is 111 Å². The molecule has 3 aromatic carbocycles. The molecule has 0 fully saturated rings. The van der Waals surface area contributed by atoms with Crippen molar-refractivity contribution in [1.82, 2.24) is 24.8 Å². The Labute approximate surface area is 206 Å². The Hall–Kier alpha value is -4.76. The summed E-state index contributed by atoms with van der Waals surface area (Å²) in [5, 5.41) is 14.3. The maximum atomic E-state index is 12.7. The van der Waals surface area contributed by atoms with Crippen LogP contribution in [0.4, 0.5) is 0 Å². The lowest BCUT2D eigenvalue weighted by atomic mass is 10.1. The van der Waals surface area contributed by atoms with Crippen LogP contribution < -0.4 is 15.8 Å². The van der Waals surface area contributed by atoms with E-state index in [9.17, 15) is 9.59 Å². The van der Waals surface area contributed by atoms with Gasteiger partial charge in [-0.05, 0) is 48.0 Å². The zero-order chi connectivity index (χ0) is 25.2. The van der Waals surface area contributed by atoms with Gasteiger partial charge in [0.05, 0.1) is 42.3 Å². The normalized spacial score (nSPS) is 11.0. The number of ether oxygens (including phenoxy) is 1. The maximum absolute atomic E-state index is 12.7. The summed E-state index contributed by atoms with van der Waals surface area (Å²) in [5.74, 6) is 0.121. The molecule has 9 nitrogen and oxygen atoms in total. The van der Waals surface area contributed by atoms with Crippen LogP contribution in [-0.4, -0.2) is 37.6 Å². The number of para-hydroxylation sites is 1. The van der Waals surface area contributed by atoms with Crippen LogP contribution in [0.3, 0.4) is 0 Å². The van der Waals surface area contributed by atoms with Crippen molar-refractivity contribution in [1.29, 1.82) is 0 Å². The molecule has 0 aliphatic heterocycles. The average Bonchev–Trinajstić information content (AvgIpc) is 3.34. The van der Waals surface area contributed by atoms with E-state index in [0.717, 1.165) is 28.1 Å². The van der Waals surface area contributed by atoms with Crippen LogP contribution in [0.1, 0.15) is 15.9 Å². The van der Waals surface area contributed by atoms with E-state index in [4.69, 9.17) is 15.0 Å². The number of nitrogens with one attached hydrogen (secondary N) is 1. The van der Waals surface area contributed by atoms with Crippen LogP contribution >= 0.6 is 0 Å². The Morgan fingerprint density at radius 3 is 2.58 bits per heavy atom. The van der Waals surface area contributed by atoms with Gasteiger partial charge in [-0.25, -0.2) is 10.5 Å². The fraction of sp³-hybridized carbons (Fsp3) is 0.111. The van der Waals surface area contributed by atoms with Crippen molar-refractivity contribution >= 4 is 16.8 Å². The summed E-state index contributed by atoms with van der Waals surface area (Å²) in [4.78, 5) is 28.8. The highest BCUT2D eigenvalue weighted by molar-refractivity contribution is 5.93. The van der Waals surface area contributed by atoms with E-state index in [2.05, 4.69) is 4.98 Å². The lowest BCUT2D eigenvalue weighted by Gasteiger charge is -2.10. The molecule has 0 unspecified atom stereocenters. The van der Waals surface area contributed by atoms with Crippen LogP contribution in [0.2, 0.25) is 0 Å². The lowest BCUT2D eigenvalue weighted by Crippen LogP contribution is -2.18. The first kappa shape index (κ1) is 23.0. The molecule has 0 saturated heterocycles. The highest BCUT2D eigenvalue weighted by Crippen LogP contribution is 2.33. The molecule has 2 N–H and O–H groups in total. The van der Waals surface area contributed by atoms with Gasteiger partial charge in [-0.15, -0.1) is 0 Å². The summed E-state index contributed by atoms with van der Waals surface area (Å²) < 4.78 is 8.85. The molecule has 180 valence electrons. The number of rotatable bonds is 6. The molecule has 9 heteroatoms. The minimum absolute atomic E-state index is 0.129. The first-order valence-corrected chi connectivity index (χ1v) is 11.2. The second-order valence-corrected chi connectivity index (χ2v) is 8.30. The van der Waals surface area contributed by atoms with Crippen molar-refractivity contribution in [2.24, 2.45) is 7.05 Å². The third-order valence-electron chi connectivity index (χ3n) is 6.03. The van der Waals surface area contributed by atoms with E-state index in [-0.39, 0.29) is 5.56 Å². The van der Waals surface area contributed by atoms with Gasteiger partial charge in [0.15, 0.2) is 0 Å². The Balaban J connectivity index is 1.63. The van der Waals surface area contributed by atoms with Crippen LogP contribution in [-0.2, 0) is 13.6 Å². The number of hydrogen-bond acceptors (Lipinski definition) is 6. The molecule has 1 amide bonds. The van der Waals surface area contributed by atoms with Gasteiger partial charge in [0, 0.05) is 23.7 Å². The van der Waals surface area contributed by atoms with Gasteiger partial charge >= 0.3 is 0 Å². The predicted octanol–water partition coefficient (Wildman–Crippen LogP) is 3.64. The molecule has 0 radical (unpaired) electrons. The van der Waals surface area contributed by atoms with Crippen molar-refractivity contribution in [3.8, 4) is 28.3 Å². The number of methoxy groups -OCH3 is 1. The zero-order valence-electron chi connectivity index (χ0n) is 19.7. The number of carbonyl (C=O) groups is 1. The van der Waals surface area contributed by atoms with Gasteiger partial charge in [0.25, 0.3) is 11.5 Å². The highest BCUT2D eigenvalue weighted by atomic mass is 16.5. The molecule has 0 spiro atoms. The average molecular weight is 482 g/mol. The molecule has 0 bridgehead atoms. The third-order valence-corrected chi connectivity index (χ3v) is 6.03. The first-order valence-electron chi connectivity index (χ1n) is 11.2. The van der Waals surface area contributed by atoms with Crippen molar-refractivity contribution in [2.45, 2.75) is 6.54 Å². The number of nitrogens with zero attached hydrogens (tertiary/aromatic N) is 4. The Bertz CT molecular complexity index is 1640. The molecule has 0 atom stereocenters. The molecule has 5 aromatic rings. The van der Waals surface area contributed by atoms with Crippen LogP contribution in [0, 0.1) is 0 Å².